The van der Waals surface area contributed by atoms with Crippen molar-refractivity contribution in [1.29, 1.82) is 0 Å². The van der Waals surface area contributed by atoms with Crippen molar-refractivity contribution in [3.63, 3.8) is 0 Å². The molecule has 0 unspecified atom stereocenters. The van der Waals surface area contributed by atoms with Crippen LogP contribution >= 0.6 is 0 Å². The fraction of sp³-hybridized carbons (Fsp3) is 0.533. The van der Waals surface area contributed by atoms with Gasteiger partial charge in [0.15, 0.2) is 0 Å². The minimum absolute atomic E-state index is 0.153. The summed E-state index contributed by atoms with van der Waals surface area (Å²) < 4.78 is 0. The second kappa shape index (κ2) is 5.11. The first-order valence-corrected chi connectivity index (χ1v) is 6.89. The highest BCUT2D eigenvalue weighted by molar-refractivity contribution is 5.78. The van der Waals surface area contributed by atoms with Crippen molar-refractivity contribution in [1.82, 2.24) is 10.6 Å². The van der Waals surface area contributed by atoms with Gasteiger partial charge in [0.1, 0.15) is 0 Å². The molecule has 1 amide bonds. The topological polar surface area (TPSA) is 41.1 Å². The molecule has 0 atom stereocenters. The maximum Gasteiger partial charge on any atom is 0.234 e. The van der Waals surface area contributed by atoms with Crippen molar-refractivity contribution in [2.75, 3.05) is 6.54 Å². The number of hydrogen-bond acceptors (Lipinski definition) is 2. The summed E-state index contributed by atoms with van der Waals surface area (Å²) in [5.74, 6) is 0.829. The van der Waals surface area contributed by atoms with Crippen LogP contribution in [0.15, 0.2) is 30.3 Å². The Morgan fingerprint density at radius 1 is 1.11 bits per heavy atom. The third-order valence-corrected chi connectivity index (χ3v) is 3.90. The maximum absolute atomic E-state index is 11.5. The van der Waals surface area contributed by atoms with Crippen molar-refractivity contribution in [3.8, 4) is 0 Å². The molecule has 3 rings (SSSR count). The zero-order valence-corrected chi connectivity index (χ0v) is 10.6. The second-order valence-corrected chi connectivity index (χ2v) is 5.50. The molecule has 0 heterocycles. The quantitative estimate of drug-likeness (QED) is 0.829. The van der Waals surface area contributed by atoms with E-state index in [2.05, 4.69) is 41.0 Å². The minimum atomic E-state index is 0.153. The fourth-order valence-electron chi connectivity index (χ4n) is 2.53. The summed E-state index contributed by atoms with van der Waals surface area (Å²) in [4.78, 5) is 11.5. The number of rotatable bonds is 5. The van der Waals surface area contributed by atoms with Gasteiger partial charge in [0.05, 0.1) is 6.54 Å². The molecule has 2 aliphatic rings. The third kappa shape index (κ3) is 2.91. The number of carbonyl (C=O) groups is 1. The zero-order valence-electron chi connectivity index (χ0n) is 10.6. The molecule has 3 heteroatoms. The van der Waals surface area contributed by atoms with Gasteiger partial charge in [0, 0.05) is 12.1 Å². The Morgan fingerprint density at radius 2 is 1.83 bits per heavy atom. The van der Waals surface area contributed by atoms with Crippen molar-refractivity contribution in [2.24, 2.45) is 0 Å². The first-order chi connectivity index (χ1) is 8.81. The summed E-state index contributed by atoms with van der Waals surface area (Å²) in [5, 5.41) is 6.34. The van der Waals surface area contributed by atoms with Gasteiger partial charge in [-0.2, -0.15) is 0 Å². The van der Waals surface area contributed by atoms with E-state index in [1.807, 2.05) is 0 Å². The molecule has 1 aromatic carbocycles. The second-order valence-electron chi connectivity index (χ2n) is 5.50. The summed E-state index contributed by atoms with van der Waals surface area (Å²) >= 11 is 0. The summed E-state index contributed by atoms with van der Waals surface area (Å²) in [6, 6.07) is 11.6. The molecule has 0 aliphatic heterocycles. The number of nitrogens with one attached hydrogen (secondary N) is 2. The zero-order chi connectivity index (χ0) is 12.4. The van der Waals surface area contributed by atoms with Crippen LogP contribution < -0.4 is 10.6 Å². The first-order valence-electron chi connectivity index (χ1n) is 6.89. The maximum atomic E-state index is 11.5. The highest BCUT2D eigenvalue weighted by Crippen LogP contribution is 2.36. The fourth-order valence-corrected chi connectivity index (χ4v) is 2.53. The number of carbonyl (C=O) groups excluding carboxylic acids is 1. The van der Waals surface area contributed by atoms with E-state index < -0.39 is 0 Å². The first kappa shape index (κ1) is 11.7. The van der Waals surface area contributed by atoms with Crippen LogP contribution in [0, 0.1) is 0 Å². The van der Waals surface area contributed by atoms with E-state index in [1.165, 1.54) is 5.56 Å². The van der Waals surface area contributed by atoms with Crippen LogP contribution in [0.2, 0.25) is 0 Å². The standard InChI is InChI=1S/C15H20N2O/c18-15(17-13-6-7-13)10-16-14-8-12(9-14)11-4-2-1-3-5-11/h1-5,12-14,16H,6-10H2,(H,17,18). The smallest absolute Gasteiger partial charge is 0.234 e. The Labute approximate surface area is 108 Å². The molecule has 0 spiro atoms. The van der Waals surface area contributed by atoms with Crippen molar-refractivity contribution >= 4 is 5.91 Å². The Hall–Kier alpha value is -1.35. The Balaban J connectivity index is 1.36. The largest absolute Gasteiger partial charge is 0.352 e. The number of amides is 1. The number of benzene rings is 1. The Kier molecular flexibility index (Phi) is 3.33. The lowest BCUT2D eigenvalue weighted by atomic mass is 9.76. The van der Waals surface area contributed by atoms with Crippen molar-refractivity contribution < 1.29 is 4.79 Å². The molecule has 2 aliphatic carbocycles. The predicted octanol–water partition coefficient (Wildman–Crippen LogP) is 1.80. The SMILES string of the molecule is O=C(CNC1CC(c2ccccc2)C1)NC1CC1. The van der Waals surface area contributed by atoms with Crippen LogP contribution in [-0.4, -0.2) is 24.5 Å². The molecule has 96 valence electrons. The molecule has 0 saturated heterocycles. The Bertz CT molecular complexity index is 408. The molecule has 0 aromatic heterocycles. The average Bonchev–Trinajstić information content (AvgIpc) is 3.12. The summed E-state index contributed by atoms with van der Waals surface area (Å²) in [5.41, 5.74) is 1.43. The van der Waals surface area contributed by atoms with E-state index in [0.717, 1.165) is 25.7 Å². The van der Waals surface area contributed by atoms with Crippen LogP contribution in [-0.2, 0) is 4.79 Å². The predicted molar refractivity (Wildman–Crippen MR) is 71.4 cm³/mol. The average molecular weight is 244 g/mol. The van der Waals surface area contributed by atoms with E-state index in [4.69, 9.17) is 0 Å². The van der Waals surface area contributed by atoms with Gasteiger partial charge in [-0.05, 0) is 37.2 Å². The highest BCUT2D eigenvalue weighted by Gasteiger charge is 2.30. The molecule has 18 heavy (non-hydrogen) atoms. The molecule has 3 nitrogen and oxygen atoms in total. The van der Waals surface area contributed by atoms with E-state index >= 15 is 0 Å². The van der Waals surface area contributed by atoms with Gasteiger partial charge in [-0.25, -0.2) is 0 Å². The van der Waals surface area contributed by atoms with Crippen molar-refractivity contribution in [3.05, 3.63) is 35.9 Å². The lowest BCUT2D eigenvalue weighted by molar-refractivity contribution is -0.120. The minimum Gasteiger partial charge on any atom is -0.352 e. The van der Waals surface area contributed by atoms with Crippen LogP contribution in [0.5, 0.6) is 0 Å². The monoisotopic (exact) mass is 244 g/mol. The van der Waals surface area contributed by atoms with Gasteiger partial charge in [0.25, 0.3) is 0 Å². The molecule has 2 saturated carbocycles. The van der Waals surface area contributed by atoms with Crippen LogP contribution in [0.25, 0.3) is 0 Å². The highest BCUT2D eigenvalue weighted by atomic mass is 16.2. The lowest BCUT2D eigenvalue weighted by Crippen LogP contribution is -2.45. The lowest BCUT2D eigenvalue weighted by Gasteiger charge is -2.36. The molecule has 1 aromatic rings. The van der Waals surface area contributed by atoms with E-state index in [-0.39, 0.29) is 5.91 Å². The van der Waals surface area contributed by atoms with E-state index in [9.17, 15) is 4.79 Å². The molecule has 0 bridgehead atoms. The Morgan fingerprint density at radius 3 is 2.50 bits per heavy atom. The van der Waals surface area contributed by atoms with E-state index in [1.54, 1.807) is 0 Å². The van der Waals surface area contributed by atoms with Crippen LogP contribution in [0.4, 0.5) is 0 Å². The third-order valence-electron chi connectivity index (χ3n) is 3.90. The number of hydrogen-bond donors (Lipinski definition) is 2. The van der Waals surface area contributed by atoms with Crippen molar-refractivity contribution in [2.45, 2.75) is 43.7 Å². The van der Waals surface area contributed by atoms with Gasteiger partial charge in [-0.3, -0.25) is 4.79 Å². The van der Waals surface area contributed by atoms with Gasteiger partial charge < -0.3 is 10.6 Å². The molecule has 2 fully saturated rings. The van der Waals surface area contributed by atoms with Crippen LogP contribution in [0.3, 0.4) is 0 Å². The summed E-state index contributed by atoms with van der Waals surface area (Å²) in [7, 11) is 0. The summed E-state index contributed by atoms with van der Waals surface area (Å²) in [6.45, 7) is 0.475. The van der Waals surface area contributed by atoms with Gasteiger partial charge in [-0.1, -0.05) is 30.3 Å². The molecular formula is C15H20N2O. The van der Waals surface area contributed by atoms with Gasteiger partial charge in [-0.15, -0.1) is 0 Å². The van der Waals surface area contributed by atoms with Gasteiger partial charge >= 0.3 is 0 Å². The molecule has 0 radical (unpaired) electrons. The summed E-state index contributed by atoms with van der Waals surface area (Å²) in [6.07, 6.45) is 4.62. The van der Waals surface area contributed by atoms with Gasteiger partial charge in [0.2, 0.25) is 5.91 Å². The van der Waals surface area contributed by atoms with E-state index in [0.29, 0.717) is 24.5 Å². The molecule has 2 N–H and O–H groups in total. The molecular weight excluding hydrogens is 224 g/mol. The van der Waals surface area contributed by atoms with Crippen LogP contribution in [0.1, 0.15) is 37.2 Å². The normalized spacial score (nSPS) is 26.4.